The highest BCUT2D eigenvalue weighted by Crippen LogP contribution is 2.31. The summed E-state index contributed by atoms with van der Waals surface area (Å²) in [4.78, 5) is 28.1. The summed E-state index contributed by atoms with van der Waals surface area (Å²) >= 11 is 0. The molecule has 0 saturated carbocycles. The van der Waals surface area contributed by atoms with E-state index in [1.165, 1.54) is 6.07 Å². The first-order chi connectivity index (χ1) is 15.4. The van der Waals surface area contributed by atoms with Gasteiger partial charge in [0.2, 0.25) is 11.8 Å². The molecule has 10 heteroatoms. The van der Waals surface area contributed by atoms with Crippen LogP contribution in [0.25, 0.3) is 11.5 Å². The number of oxazole rings is 1. The summed E-state index contributed by atoms with van der Waals surface area (Å²) in [5.74, 6) is -3.50. The van der Waals surface area contributed by atoms with E-state index in [1.54, 1.807) is 24.3 Å². The first kappa shape index (κ1) is 21.4. The van der Waals surface area contributed by atoms with Gasteiger partial charge < -0.3 is 26.1 Å². The third-order valence-corrected chi connectivity index (χ3v) is 5.07. The molecule has 4 rings (SSSR count). The van der Waals surface area contributed by atoms with Crippen molar-refractivity contribution >= 4 is 23.4 Å². The molecule has 1 aromatic heterocycles. The minimum absolute atomic E-state index is 0.0820. The van der Waals surface area contributed by atoms with Crippen LogP contribution < -0.4 is 21.7 Å². The van der Waals surface area contributed by atoms with E-state index < -0.39 is 29.0 Å². The summed E-state index contributed by atoms with van der Waals surface area (Å²) < 4.78 is 33.6. The lowest BCUT2D eigenvalue weighted by molar-refractivity contribution is 0.0929. The minimum Gasteiger partial charge on any atom is -0.419 e. The largest absolute Gasteiger partial charge is 0.419 e. The number of benzene rings is 2. The number of carbonyl (C=O) groups is 2. The van der Waals surface area contributed by atoms with Crippen molar-refractivity contribution in [2.75, 3.05) is 18.4 Å². The van der Waals surface area contributed by atoms with E-state index in [9.17, 15) is 18.4 Å². The number of hydrogen-bond acceptors (Lipinski definition) is 6. The second-order valence-electron chi connectivity index (χ2n) is 7.38. The highest BCUT2D eigenvalue weighted by molar-refractivity contribution is 5.97. The van der Waals surface area contributed by atoms with Crippen LogP contribution in [-0.2, 0) is 0 Å². The lowest BCUT2D eigenvalue weighted by Crippen LogP contribution is -2.45. The summed E-state index contributed by atoms with van der Waals surface area (Å²) in [6.07, 6.45) is 1.93. The topological polar surface area (TPSA) is 122 Å². The van der Waals surface area contributed by atoms with Crippen LogP contribution in [0.1, 0.15) is 33.7 Å². The molecule has 1 atom stereocenters. The van der Waals surface area contributed by atoms with E-state index in [0.29, 0.717) is 11.3 Å². The van der Waals surface area contributed by atoms with Crippen molar-refractivity contribution < 1.29 is 22.8 Å². The molecule has 5 N–H and O–H groups in total. The van der Waals surface area contributed by atoms with Gasteiger partial charge >= 0.3 is 0 Å². The number of hydrogen-bond donors (Lipinski definition) is 4. The van der Waals surface area contributed by atoms with Gasteiger partial charge in [0.15, 0.2) is 5.69 Å². The number of piperidine rings is 1. The van der Waals surface area contributed by atoms with Crippen molar-refractivity contribution in [3.8, 4) is 11.5 Å². The number of halogens is 2. The SMILES string of the molecule is NC(=O)c1nc(-c2c(F)cccc2F)oc1Nc1ccc(C(=O)NC2CCCNC2)cc1. The van der Waals surface area contributed by atoms with Crippen LogP contribution in [0.15, 0.2) is 46.9 Å². The molecule has 0 radical (unpaired) electrons. The Bertz CT molecular complexity index is 1120. The van der Waals surface area contributed by atoms with Crippen molar-refractivity contribution in [2.45, 2.75) is 18.9 Å². The quantitative estimate of drug-likeness (QED) is 0.467. The normalized spacial score (nSPS) is 15.9. The zero-order chi connectivity index (χ0) is 22.7. The summed E-state index contributed by atoms with van der Waals surface area (Å²) in [5, 5.41) is 9.03. The number of amides is 2. The van der Waals surface area contributed by atoms with E-state index in [-0.39, 0.29) is 23.5 Å². The average molecular weight is 441 g/mol. The molecule has 1 aliphatic rings. The van der Waals surface area contributed by atoms with Crippen LogP contribution in [0, 0.1) is 11.6 Å². The fraction of sp³-hybridized carbons (Fsp3) is 0.227. The van der Waals surface area contributed by atoms with Gasteiger partial charge in [-0.2, -0.15) is 0 Å². The van der Waals surface area contributed by atoms with Crippen molar-refractivity contribution in [2.24, 2.45) is 5.73 Å². The van der Waals surface area contributed by atoms with Gasteiger partial charge in [-0.15, -0.1) is 0 Å². The van der Waals surface area contributed by atoms with Crippen LogP contribution in [0.4, 0.5) is 20.4 Å². The Kier molecular flexibility index (Phi) is 6.13. The number of nitrogens with two attached hydrogens (primary N) is 1. The van der Waals surface area contributed by atoms with E-state index in [1.807, 2.05) is 0 Å². The van der Waals surface area contributed by atoms with Crippen LogP contribution in [0.2, 0.25) is 0 Å². The van der Waals surface area contributed by atoms with Crippen LogP contribution in [-0.4, -0.2) is 35.9 Å². The minimum atomic E-state index is -0.934. The maximum absolute atomic E-state index is 14.1. The van der Waals surface area contributed by atoms with Gasteiger partial charge in [-0.3, -0.25) is 9.59 Å². The van der Waals surface area contributed by atoms with Gasteiger partial charge in [-0.05, 0) is 55.8 Å². The van der Waals surface area contributed by atoms with E-state index >= 15 is 0 Å². The molecule has 32 heavy (non-hydrogen) atoms. The molecule has 0 spiro atoms. The number of nitrogens with one attached hydrogen (secondary N) is 3. The Balaban J connectivity index is 1.53. The monoisotopic (exact) mass is 441 g/mol. The second-order valence-corrected chi connectivity index (χ2v) is 7.38. The molecule has 166 valence electrons. The number of carbonyl (C=O) groups excluding carboxylic acids is 2. The number of nitrogens with zero attached hydrogens (tertiary/aromatic N) is 1. The number of aromatic nitrogens is 1. The zero-order valence-corrected chi connectivity index (χ0v) is 17.0. The van der Waals surface area contributed by atoms with E-state index in [4.69, 9.17) is 10.2 Å². The van der Waals surface area contributed by atoms with Gasteiger partial charge in [-0.1, -0.05) is 6.07 Å². The van der Waals surface area contributed by atoms with Crippen LogP contribution in [0.5, 0.6) is 0 Å². The van der Waals surface area contributed by atoms with Gasteiger partial charge in [0.05, 0.1) is 0 Å². The lowest BCUT2D eigenvalue weighted by Gasteiger charge is -2.23. The molecule has 2 heterocycles. The molecule has 2 amide bonds. The highest BCUT2D eigenvalue weighted by Gasteiger charge is 2.23. The molecule has 2 aromatic carbocycles. The molecule has 0 bridgehead atoms. The van der Waals surface area contributed by atoms with Crippen LogP contribution >= 0.6 is 0 Å². The first-order valence-electron chi connectivity index (χ1n) is 10.1. The third kappa shape index (κ3) is 4.59. The van der Waals surface area contributed by atoms with E-state index in [2.05, 4.69) is 20.9 Å². The van der Waals surface area contributed by atoms with Gasteiger partial charge in [0.1, 0.15) is 17.2 Å². The molecule has 1 unspecified atom stereocenters. The van der Waals surface area contributed by atoms with Crippen LogP contribution in [0.3, 0.4) is 0 Å². The Labute approximate surface area is 182 Å². The van der Waals surface area contributed by atoms with Gasteiger partial charge in [-0.25, -0.2) is 13.8 Å². The molecule has 0 aliphatic carbocycles. The Morgan fingerprint density at radius 3 is 2.47 bits per heavy atom. The van der Waals surface area contributed by atoms with Crippen molar-refractivity contribution in [1.29, 1.82) is 0 Å². The zero-order valence-electron chi connectivity index (χ0n) is 17.0. The summed E-state index contributed by atoms with van der Waals surface area (Å²) in [6.45, 7) is 1.69. The molecule has 8 nitrogen and oxygen atoms in total. The highest BCUT2D eigenvalue weighted by atomic mass is 19.1. The Morgan fingerprint density at radius 2 is 1.84 bits per heavy atom. The average Bonchev–Trinajstić information content (AvgIpc) is 3.18. The molecule has 1 aliphatic heterocycles. The number of anilines is 2. The fourth-order valence-electron chi connectivity index (χ4n) is 3.46. The molecular weight excluding hydrogens is 420 g/mol. The van der Waals surface area contributed by atoms with Gasteiger partial charge in [0, 0.05) is 23.8 Å². The Morgan fingerprint density at radius 1 is 1.12 bits per heavy atom. The lowest BCUT2D eigenvalue weighted by atomic mass is 10.1. The number of rotatable bonds is 6. The molecule has 3 aromatic rings. The third-order valence-electron chi connectivity index (χ3n) is 5.07. The summed E-state index contributed by atoms with van der Waals surface area (Å²) in [5.41, 5.74) is 5.44. The fourth-order valence-corrected chi connectivity index (χ4v) is 3.46. The van der Waals surface area contributed by atoms with Gasteiger partial charge in [0.25, 0.3) is 11.8 Å². The van der Waals surface area contributed by atoms with Crippen molar-refractivity contribution in [3.05, 3.63) is 65.4 Å². The molecule has 1 saturated heterocycles. The van der Waals surface area contributed by atoms with Crippen molar-refractivity contribution in [3.63, 3.8) is 0 Å². The first-order valence-corrected chi connectivity index (χ1v) is 10.1. The molecular formula is C22H21F2N5O3. The standard InChI is InChI=1S/C22H21F2N5O3/c23-15-4-1-5-16(24)17(15)21-29-18(19(25)30)22(32-21)28-13-8-6-12(7-9-13)20(31)27-14-3-2-10-26-11-14/h1,4-9,14,26,28H,2-3,10-11H2,(H2,25,30)(H,27,31). The van der Waals surface area contributed by atoms with Crippen molar-refractivity contribution in [1.82, 2.24) is 15.6 Å². The summed E-state index contributed by atoms with van der Waals surface area (Å²) in [7, 11) is 0. The molecule has 1 fully saturated rings. The number of primary amides is 1. The maximum Gasteiger partial charge on any atom is 0.273 e. The predicted octanol–water partition coefficient (Wildman–Crippen LogP) is 2.94. The predicted molar refractivity (Wildman–Crippen MR) is 113 cm³/mol. The Hall–Kier alpha value is -3.79. The summed E-state index contributed by atoms with van der Waals surface area (Å²) in [6, 6.07) is 9.79. The van der Waals surface area contributed by atoms with E-state index in [0.717, 1.165) is 38.1 Å². The maximum atomic E-state index is 14.1. The smallest absolute Gasteiger partial charge is 0.273 e. The second kappa shape index (κ2) is 9.15.